The van der Waals surface area contributed by atoms with Gasteiger partial charge in [-0.1, -0.05) is 11.6 Å². The van der Waals surface area contributed by atoms with Crippen LogP contribution in [0.5, 0.6) is 0 Å². The molecule has 0 aromatic carbocycles. The van der Waals surface area contributed by atoms with E-state index >= 15 is 0 Å². The molecule has 1 aromatic heterocycles. The third-order valence-electron chi connectivity index (χ3n) is 4.15. The van der Waals surface area contributed by atoms with Crippen molar-refractivity contribution in [3.05, 3.63) is 20.8 Å². The monoisotopic (exact) mass is 284 g/mol. The summed E-state index contributed by atoms with van der Waals surface area (Å²) in [6.45, 7) is 2.43. The van der Waals surface area contributed by atoms with Gasteiger partial charge in [0.15, 0.2) is 0 Å². The van der Waals surface area contributed by atoms with Crippen LogP contribution >= 0.6 is 22.9 Å². The Morgan fingerprint density at radius 2 is 2.28 bits per heavy atom. The lowest BCUT2D eigenvalue weighted by atomic mass is 9.92. The van der Waals surface area contributed by atoms with Crippen molar-refractivity contribution in [2.24, 2.45) is 0 Å². The first-order valence-electron chi connectivity index (χ1n) is 6.95. The molecule has 1 saturated heterocycles. The zero-order valence-electron chi connectivity index (χ0n) is 10.9. The summed E-state index contributed by atoms with van der Waals surface area (Å²) >= 11 is 7.94. The quantitative estimate of drug-likeness (QED) is 0.895. The summed E-state index contributed by atoms with van der Waals surface area (Å²) in [5, 5.41) is 3.86. The zero-order valence-corrected chi connectivity index (χ0v) is 12.5. The molecule has 1 aliphatic carbocycles. The van der Waals surface area contributed by atoms with Gasteiger partial charge in [-0.15, -0.1) is 11.3 Å². The normalized spacial score (nSPS) is 29.2. The second-order valence-corrected chi connectivity index (χ2v) is 7.41. The minimum atomic E-state index is 0.536. The van der Waals surface area contributed by atoms with Crippen molar-refractivity contribution in [2.45, 2.75) is 44.2 Å². The van der Waals surface area contributed by atoms with Gasteiger partial charge in [0.1, 0.15) is 0 Å². The standard InChI is InChI=1S/C14H21ClN2S/c1-17-7-3-4-10(9-17)16-12-5-2-6-13-11(12)8-14(15)18-13/h8,10,12,16H,2-7,9H2,1H3. The zero-order chi connectivity index (χ0) is 12.5. The van der Waals surface area contributed by atoms with Crippen LogP contribution in [0, 0.1) is 0 Å². The first-order valence-corrected chi connectivity index (χ1v) is 8.14. The molecule has 0 spiro atoms. The van der Waals surface area contributed by atoms with Gasteiger partial charge in [-0.05, 0) is 57.3 Å². The van der Waals surface area contributed by atoms with Crippen molar-refractivity contribution in [3.8, 4) is 0 Å². The van der Waals surface area contributed by atoms with Crippen LogP contribution in [-0.4, -0.2) is 31.1 Å². The molecule has 3 rings (SSSR count). The van der Waals surface area contributed by atoms with E-state index in [2.05, 4.69) is 23.3 Å². The molecule has 100 valence electrons. The van der Waals surface area contributed by atoms with E-state index in [1.807, 2.05) is 0 Å². The highest BCUT2D eigenvalue weighted by molar-refractivity contribution is 7.16. The summed E-state index contributed by atoms with van der Waals surface area (Å²) in [5.41, 5.74) is 1.48. The summed E-state index contributed by atoms with van der Waals surface area (Å²) in [5.74, 6) is 0. The number of piperidine rings is 1. The van der Waals surface area contributed by atoms with Crippen LogP contribution in [0.2, 0.25) is 4.34 Å². The molecule has 2 nitrogen and oxygen atoms in total. The number of likely N-dealkylation sites (tertiary alicyclic amines) is 1. The number of halogens is 1. The van der Waals surface area contributed by atoms with Gasteiger partial charge >= 0.3 is 0 Å². The van der Waals surface area contributed by atoms with E-state index in [-0.39, 0.29) is 0 Å². The number of aryl methyl sites for hydroxylation is 1. The number of nitrogens with one attached hydrogen (secondary N) is 1. The van der Waals surface area contributed by atoms with Gasteiger partial charge in [-0.2, -0.15) is 0 Å². The van der Waals surface area contributed by atoms with Crippen molar-refractivity contribution in [1.82, 2.24) is 10.2 Å². The van der Waals surface area contributed by atoms with Crippen LogP contribution < -0.4 is 5.32 Å². The minimum absolute atomic E-state index is 0.536. The van der Waals surface area contributed by atoms with Crippen molar-refractivity contribution < 1.29 is 0 Å². The van der Waals surface area contributed by atoms with E-state index in [4.69, 9.17) is 11.6 Å². The van der Waals surface area contributed by atoms with Gasteiger partial charge in [0.05, 0.1) is 4.34 Å². The summed E-state index contributed by atoms with van der Waals surface area (Å²) in [6.07, 6.45) is 6.41. The number of likely N-dealkylation sites (N-methyl/N-ethyl adjacent to an activating group) is 1. The maximum absolute atomic E-state index is 6.16. The van der Waals surface area contributed by atoms with Crippen molar-refractivity contribution in [3.63, 3.8) is 0 Å². The maximum Gasteiger partial charge on any atom is 0.0934 e. The molecule has 0 amide bonds. The predicted octanol–water partition coefficient (Wildman–Crippen LogP) is 3.46. The summed E-state index contributed by atoms with van der Waals surface area (Å²) in [7, 11) is 2.22. The molecule has 0 saturated carbocycles. The third-order valence-corrected chi connectivity index (χ3v) is 5.48. The number of fused-ring (bicyclic) bond motifs is 1. The van der Waals surface area contributed by atoms with Gasteiger partial charge in [0, 0.05) is 23.5 Å². The summed E-state index contributed by atoms with van der Waals surface area (Å²) < 4.78 is 0.953. The fraction of sp³-hybridized carbons (Fsp3) is 0.714. The fourth-order valence-electron chi connectivity index (χ4n) is 3.28. The molecule has 2 unspecified atom stereocenters. The molecule has 2 atom stereocenters. The molecule has 4 heteroatoms. The van der Waals surface area contributed by atoms with Gasteiger partial charge in [-0.25, -0.2) is 0 Å². The van der Waals surface area contributed by atoms with E-state index < -0.39 is 0 Å². The second-order valence-electron chi connectivity index (χ2n) is 5.64. The highest BCUT2D eigenvalue weighted by Crippen LogP contribution is 2.38. The van der Waals surface area contributed by atoms with Crippen LogP contribution in [0.4, 0.5) is 0 Å². The Morgan fingerprint density at radius 1 is 1.39 bits per heavy atom. The Bertz CT molecular complexity index is 418. The lowest BCUT2D eigenvalue weighted by Gasteiger charge is -2.34. The Balaban J connectivity index is 1.70. The molecule has 2 heterocycles. The Morgan fingerprint density at radius 3 is 3.11 bits per heavy atom. The van der Waals surface area contributed by atoms with Gasteiger partial charge in [0.2, 0.25) is 0 Å². The molecular formula is C14H21ClN2S. The van der Waals surface area contributed by atoms with Crippen LogP contribution in [0.1, 0.15) is 42.2 Å². The van der Waals surface area contributed by atoms with E-state index in [1.54, 1.807) is 11.3 Å². The largest absolute Gasteiger partial charge is 0.306 e. The summed E-state index contributed by atoms with van der Waals surface area (Å²) in [6, 6.07) is 3.37. The van der Waals surface area contributed by atoms with E-state index in [0.717, 1.165) is 4.34 Å². The summed E-state index contributed by atoms with van der Waals surface area (Å²) in [4.78, 5) is 3.94. The van der Waals surface area contributed by atoms with Gasteiger partial charge in [0.25, 0.3) is 0 Å². The lowest BCUT2D eigenvalue weighted by Crippen LogP contribution is -2.45. The van der Waals surface area contributed by atoms with Gasteiger partial charge in [-0.3, -0.25) is 0 Å². The lowest BCUT2D eigenvalue weighted by molar-refractivity contribution is 0.212. The minimum Gasteiger partial charge on any atom is -0.306 e. The predicted molar refractivity (Wildman–Crippen MR) is 78.7 cm³/mol. The molecule has 1 aliphatic heterocycles. The second kappa shape index (κ2) is 5.49. The topological polar surface area (TPSA) is 15.3 Å². The van der Waals surface area contributed by atoms with E-state index in [0.29, 0.717) is 12.1 Å². The first kappa shape index (κ1) is 12.9. The smallest absolute Gasteiger partial charge is 0.0934 e. The molecule has 0 radical (unpaired) electrons. The number of hydrogen-bond donors (Lipinski definition) is 1. The Hall–Kier alpha value is -0.0900. The molecule has 18 heavy (non-hydrogen) atoms. The SMILES string of the molecule is CN1CCCC(NC2CCCc3sc(Cl)cc32)C1. The van der Waals surface area contributed by atoms with Crippen LogP contribution in [-0.2, 0) is 6.42 Å². The number of nitrogens with zero attached hydrogens (tertiary/aromatic N) is 1. The van der Waals surface area contributed by atoms with Crippen LogP contribution in [0.15, 0.2) is 6.07 Å². The number of thiophene rings is 1. The Kier molecular flexibility index (Phi) is 3.94. The van der Waals surface area contributed by atoms with E-state index in [1.165, 1.54) is 55.6 Å². The van der Waals surface area contributed by atoms with Crippen molar-refractivity contribution in [2.75, 3.05) is 20.1 Å². The maximum atomic E-state index is 6.16. The van der Waals surface area contributed by atoms with Crippen molar-refractivity contribution in [1.29, 1.82) is 0 Å². The fourth-order valence-corrected chi connectivity index (χ4v) is 4.67. The molecule has 1 N–H and O–H groups in total. The van der Waals surface area contributed by atoms with E-state index in [9.17, 15) is 0 Å². The Labute approximate surface area is 118 Å². The first-order chi connectivity index (χ1) is 8.72. The molecular weight excluding hydrogens is 264 g/mol. The average Bonchev–Trinajstić information content (AvgIpc) is 2.71. The molecule has 0 bridgehead atoms. The van der Waals surface area contributed by atoms with Crippen LogP contribution in [0.3, 0.4) is 0 Å². The third kappa shape index (κ3) is 2.74. The average molecular weight is 285 g/mol. The highest BCUT2D eigenvalue weighted by atomic mass is 35.5. The van der Waals surface area contributed by atoms with Crippen LogP contribution in [0.25, 0.3) is 0 Å². The highest BCUT2D eigenvalue weighted by Gasteiger charge is 2.26. The molecule has 1 aromatic rings. The van der Waals surface area contributed by atoms with Gasteiger partial charge < -0.3 is 10.2 Å². The van der Waals surface area contributed by atoms with Crippen molar-refractivity contribution >= 4 is 22.9 Å². The number of hydrogen-bond acceptors (Lipinski definition) is 3. The number of rotatable bonds is 2. The molecule has 2 aliphatic rings. The molecule has 1 fully saturated rings.